The Bertz CT molecular complexity index is 528. The van der Waals surface area contributed by atoms with E-state index >= 15 is 0 Å². The number of nitrogens with one attached hydrogen (secondary N) is 1. The molecule has 1 aromatic carbocycles. The maximum Gasteiger partial charge on any atom is 0.218 e. The summed E-state index contributed by atoms with van der Waals surface area (Å²) >= 11 is 0. The highest BCUT2D eigenvalue weighted by Crippen LogP contribution is 2.13. The van der Waals surface area contributed by atoms with Crippen molar-refractivity contribution < 1.29 is 9.13 Å². The number of ether oxygens (including phenoxy) is 1. The maximum atomic E-state index is 12.7. The van der Waals surface area contributed by atoms with Gasteiger partial charge in [0.2, 0.25) is 5.88 Å². The van der Waals surface area contributed by atoms with Crippen LogP contribution in [0.25, 0.3) is 0 Å². The van der Waals surface area contributed by atoms with Gasteiger partial charge in [0.25, 0.3) is 0 Å². The van der Waals surface area contributed by atoms with Crippen LogP contribution in [0.15, 0.2) is 30.3 Å². The van der Waals surface area contributed by atoms with Crippen LogP contribution in [-0.2, 0) is 6.54 Å². The summed E-state index contributed by atoms with van der Waals surface area (Å²) in [6.07, 6.45) is 0. The van der Waals surface area contributed by atoms with Crippen molar-refractivity contribution in [2.75, 3.05) is 12.4 Å². The quantitative estimate of drug-likeness (QED) is 0.902. The van der Waals surface area contributed by atoms with Gasteiger partial charge in [-0.25, -0.2) is 9.37 Å². The lowest BCUT2D eigenvalue weighted by Crippen LogP contribution is -2.04. The third kappa shape index (κ3) is 3.16. The van der Waals surface area contributed by atoms with Crippen LogP contribution >= 0.6 is 0 Å². The second-order valence-electron chi connectivity index (χ2n) is 3.82. The summed E-state index contributed by atoms with van der Waals surface area (Å²) in [7, 11) is 1.56. The molecule has 0 saturated heterocycles. The lowest BCUT2D eigenvalue weighted by Gasteiger charge is -2.08. The average Bonchev–Trinajstić information content (AvgIpc) is 2.37. The number of benzene rings is 1. The molecule has 4 nitrogen and oxygen atoms in total. The number of methoxy groups -OCH3 is 1. The minimum atomic E-state index is -0.238. The minimum Gasteiger partial charge on any atom is -0.481 e. The highest BCUT2D eigenvalue weighted by molar-refractivity contribution is 5.39. The molecule has 1 N–H and O–H groups in total. The molecule has 0 fully saturated rings. The number of aryl methyl sites for hydroxylation is 1. The number of halogens is 1. The second-order valence-corrected chi connectivity index (χ2v) is 3.82. The molecule has 0 aliphatic heterocycles. The van der Waals surface area contributed by atoms with Crippen LogP contribution in [0.2, 0.25) is 0 Å². The van der Waals surface area contributed by atoms with E-state index in [0.29, 0.717) is 24.1 Å². The van der Waals surface area contributed by atoms with Gasteiger partial charge in [-0.05, 0) is 24.6 Å². The van der Waals surface area contributed by atoms with Crippen LogP contribution < -0.4 is 10.1 Å². The van der Waals surface area contributed by atoms with Gasteiger partial charge in [0.15, 0.2) is 0 Å². The fourth-order valence-corrected chi connectivity index (χ4v) is 1.53. The summed E-state index contributed by atoms with van der Waals surface area (Å²) in [6.45, 7) is 2.37. The summed E-state index contributed by atoms with van der Waals surface area (Å²) < 4.78 is 17.8. The van der Waals surface area contributed by atoms with Crippen molar-refractivity contribution in [1.29, 1.82) is 0 Å². The van der Waals surface area contributed by atoms with E-state index in [1.165, 1.54) is 12.1 Å². The van der Waals surface area contributed by atoms with Crippen molar-refractivity contribution in [3.8, 4) is 5.88 Å². The molecule has 0 amide bonds. The standard InChI is InChI=1S/C13H14FN3O/c1-9-16-12(7-13(17-9)18-2)15-8-10-3-5-11(14)6-4-10/h3-7H,8H2,1-2H3,(H,15,16,17). The van der Waals surface area contributed by atoms with Crippen LogP contribution in [0.3, 0.4) is 0 Å². The fourth-order valence-electron chi connectivity index (χ4n) is 1.53. The normalized spacial score (nSPS) is 10.2. The molecule has 0 aliphatic rings. The van der Waals surface area contributed by atoms with Crippen molar-refractivity contribution in [1.82, 2.24) is 9.97 Å². The first-order chi connectivity index (χ1) is 8.67. The predicted octanol–water partition coefficient (Wildman–Crippen LogP) is 2.54. The average molecular weight is 247 g/mol. The summed E-state index contributed by atoms with van der Waals surface area (Å²) in [5.74, 6) is 1.60. The topological polar surface area (TPSA) is 47.0 Å². The molecule has 2 aromatic rings. The predicted molar refractivity (Wildman–Crippen MR) is 67.0 cm³/mol. The minimum absolute atomic E-state index is 0.238. The van der Waals surface area contributed by atoms with Gasteiger partial charge in [-0.1, -0.05) is 12.1 Å². The molecule has 0 radical (unpaired) electrons. The van der Waals surface area contributed by atoms with Gasteiger partial charge in [0.1, 0.15) is 17.5 Å². The van der Waals surface area contributed by atoms with E-state index in [-0.39, 0.29) is 5.82 Å². The largest absolute Gasteiger partial charge is 0.481 e. The van der Waals surface area contributed by atoms with Crippen molar-refractivity contribution in [3.63, 3.8) is 0 Å². The first-order valence-corrected chi connectivity index (χ1v) is 5.55. The highest BCUT2D eigenvalue weighted by atomic mass is 19.1. The van der Waals surface area contributed by atoms with Crippen LogP contribution in [0.4, 0.5) is 10.2 Å². The van der Waals surface area contributed by atoms with Gasteiger partial charge in [0, 0.05) is 12.6 Å². The van der Waals surface area contributed by atoms with Gasteiger partial charge in [-0.2, -0.15) is 4.98 Å². The van der Waals surface area contributed by atoms with Crippen molar-refractivity contribution in [3.05, 3.63) is 47.5 Å². The van der Waals surface area contributed by atoms with Crippen molar-refractivity contribution in [2.24, 2.45) is 0 Å². The van der Waals surface area contributed by atoms with E-state index in [2.05, 4.69) is 15.3 Å². The van der Waals surface area contributed by atoms with Crippen molar-refractivity contribution in [2.45, 2.75) is 13.5 Å². The second kappa shape index (κ2) is 5.44. The van der Waals surface area contributed by atoms with E-state index in [1.807, 2.05) is 0 Å². The number of anilines is 1. The zero-order valence-corrected chi connectivity index (χ0v) is 10.3. The molecule has 1 heterocycles. The number of hydrogen-bond acceptors (Lipinski definition) is 4. The maximum absolute atomic E-state index is 12.7. The number of nitrogens with zero attached hydrogens (tertiary/aromatic N) is 2. The van der Waals surface area contributed by atoms with Crippen molar-refractivity contribution >= 4 is 5.82 Å². The number of rotatable bonds is 4. The molecular weight excluding hydrogens is 233 g/mol. The van der Waals surface area contributed by atoms with Gasteiger partial charge in [-0.15, -0.1) is 0 Å². The Morgan fingerprint density at radius 1 is 1.22 bits per heavy atom. The van der Waals surface area contributed by atoms with Gasteiger partial charge < -0.3 is 10.1 Å². The molecule has 0 atom stereocenters. The molecule has 0 unspecified atom stereocenters. The fraction of sp³-hybridized carbons (Fsp3) is 0.231. The Balaban J connectivity index is 2.05. The van der Waals surface area contributed by atoms with Crippen LogP contribution in [0, 0.1) is 12.7 Å². The van der Waals surface area contributed by atoms with E-state index in [1.54, 1.807) is 32.2 Å². The van der Waals surface area contributed by atoms with Crippen LogP contribution in [0.1, 0.15) is 11.4 Å². The third-order valence-electron chi connectivity index (χ3n) is 2.41. The van der Waals surface area contributed by atoms with Gasteiger partial charge >= 0.3 is 0 Å². The Hall–Kier alpha value is -2.17. The molecule has 2 rings (SSSR count). The Kier molecular flexibility index (Phi) is 3.72. The molecule has 18 heavy (non-hydrogen) atoms. The van der Waals surface area contributed by atoms with E-state index < -0.39 is 0 Å². The first-order valence-electron chi connectivity index (χ1n) is 5.55. The lowest BCUT2D eigenvalue weighted by molar-refractivity contribution is 0.396. The molecule has 0 spiro atoms. The summed E-state index contributed by atoms with van der Waals surface area (Å²) in [5, 5.41) is 3.14. The zero-order valence-electron chi connectivity index (χ0n) is 10.3. The Morgan fingerprint density at radius 2 is 1.94 bits per heavy atom. The van der Waals surface area contributed by atoms with E-state index in [9.17, 15) is 4.39 Å². The van der Waals surface area contributed by atoms with E-state index in [4.69, 9.17) is 4.74 Å². The Morgan fingerprint density at radius 3 is 2.61 bits per heavy atom. The Labute approximate surface area is 105 Å². The van der Waals surface area contributed by atoms with Crippen LogP contribution in [-0.4, -0.2) is 17.1 Å². The molecule has 0 saturated carbocycles. The first kappa shape index (κ1) is 12.3. The van der Waals surface area contributed by atoms with Crippen LogP contribution in [0.5, 0.6) is 5.88 Å². The summed E-state index contributed by atoms with van der Waals surface area (Å²) in [5.41, 5.74) is 0.978. The number of aromatic nitrogens is 2. The smallest absolute Gasteiger partial charge is 0.218 e. The molecule has 1 aromatic heterocycles. The van der Waals surface area contributed by atoms with E-state index in [0.717, 1.165) is 5.56 Å². The van der Waals surface area contributed by atoms with Gasteiger partial charge in [0.05, 0.1) is 7.11 Å². The monoisotopic (exact) mass is 247 g/mol. The SMILES string of the molecule is COc1cc(NCc2ccc(F)cc2)nc(C)n1. The highest BCUT2D eigenvalue weighted by Gasteiger charge is 2.01. The molecule has 5 heteroatoms. The zero-order chi connectivity index (χ0) is 13.0. The summed E-state index contributed by atoms with van der Waals surface area (Å²) in [4.78, 5) is 8.33. The number of hydrogen-bond donors (Lipinski definition) is 1. The van der Waals surface area contributed by atoms with Gasteiger partial charge in [-0.3, -0.25) is 0 Å². The molecular formula is C13H14FN3O. The molecule has 0 bridgehead atoms. The lowest BCUT2D eigenvalue weighted by atomic mass is 10.2. The third-order valence-corrected chi connectivity index (χ3v) is 2.41. The molecule has 94 valence electrons. The molecule has 0 aliphatic carbocycles. The summed E-state index contributed by atoms with van der Waals surface area (Å²) in [6, 6.07) is 8.05.